The van der Waals surface area contributed by atoms with Gasteiger partial charge in [-0.1, -0.05) is 25.5 Å². The predicted octanol–water partition coefficient (Wildman–Crippen LogP) is -0.394. The van der Waals surface area contributed by atoms with Gasteiger partial charge in [-0.25, -0.2) is 0 Å². The standard InChI is InChI=1S/C25H42B2N2O7/c1-15(2)12-21-13-17(4)20(14-22(21)36-7)9-8-16(3)18(5)23(31)29(25(27,34)35)11-10-28(19(6)30)24(26,32)33/h13-15,32-35H,8-12,26-27H2,1-7H3/b18-16-. The summed E-state index contributed by atoms with van der Waals surface area (Å²) < 4.78 is 5.60. The van der Waals surface area contributed by atoms with E-state index in [1.807, 2.05) is 13.0 Å². The lowest BCUT2D eigenvalue weighted by Gasteiger charge is -2.38. The Morgan fingerprint density at radius 3 is 1.94 bits per heavy atom. The summed E-state index contributed by atoms with van der Waals surface area (Å²) in [6.07, 6.45) is 2.15. The number of methoxy groups -OCH3 is 1. The first-order valence-electron chi connectivity index (χ1n) is 12.2. The molecule has 0 spiro atoms. The molecule has 0 aliphatic heterocycles. The SMILES string of the molecule is BC(O)(O)N(CCN(C(=O)/C(C)=C(/C)CCc1cc(OC)c(CC(C)C)cc1C)C(B)(O)O)C(C)=O. The molecule has 36 heavy (non-hydrogen) atoms. The van der Waals surface area contributed by atoms with Crippen molar-refractivity contribution in [3.8, 4) is 5.75 Å². The summed E-state index contributed by atoms with van der Waals surface area (Å²) in [4.78, 5) is 26.5. The number of hydrogen-bond donors (Lipinski definition) is 4. The third-order valence-electron chi connectivity index (χ3n) is 6.29. The zero-order valence-corrected chi connectivity index (χ0v) is 23.2. The average Bonchev–Trinajstić information content (AvgIpc) is 2.72. The van der Waals surface area contributed by atoms with Crippen LogP contribution in [0.2, 0.25) is 0 Å². The Bertz CT molecular complexity index is 966. The van der Waals surface area contributed by atoms with Crippen molar-refractivity contribution in [3.05, 3.63) is 40.0 Å². The average molecular weight is 504 g/mol. The smallest absolute Gasteiger partial charge is 0.252 e. The van der Waals surface area contributed by atoms with Crippen LogP contribution in [0, 0.1) is 12.8 Å². The van der Waals surface area contributed by atoms with E-state index in [2.05, 4.69) is 26.8 Å². The number of ether oxygens (including phenoxy) is 1. The molecular weight excluding hydrogens is 462 g/mol. The van der Waals surface area contributed by atoms with E-state index in [9.17, 15) is 30.0 Å². The highest BCUT2D eigenvalue weighted by molar-refractivity contribution is 6.15. The molecule has 0 unspecified atom stereocenters. The van der Waals surface area contributed by atoms with Crippen molar-refractivity contribution >= 4 is 27.5 Å². The lowest BCUT2D eigenvalue weighted by atomic mass is 9.93. The third kappa shape index (κ3) is 8.96. The molecule has 0 fully saturated rings. The first-order chi connectivity index (χ1) is 16.4. The minimum atomic E-state index is -2.52. The van der Waals surface area contributed by atoms with E-state index in [1.54, 1.807) is 14.0 Å². The lowest BCUT2D eigenvalue weighted by molar-refractivity contribution is -0.217. The molecule has 0 aliphatic rings. The number of carbonyl (C=O) groups is 2. The quantitative estimate of drug-likeness (QED) is 0.173. The van der Waals surface area contributed by atoms with Crippen LogP contribution >= 0.6 is 0 Å². The van der Waals surface area contributed by atoms with Gasteiger partial charge in [0.1, 0.15) is 5.75 Å². The summed E-state index contributed by atoms with van der Waals surface area (Å²) in [7, 11) is 3.71. The Balaban J connectivity index is 3.10. The van der Waals surface area contributed by atoms with Crippen LogP contribution in [0.15, 0.2) is 23.3 Å². The second-order valence-corrected chi connectivity index (χ2v) is 10.2. The van der Waals surface area contributed by atoms with Crippen LogP contribution < -0.4 is 4.74 Å². The van der Waals surface area contributed by atoms with Crippen molar-refractivity contribution in [1.82, 2.24) is 9.80 Å². The molecule has 200 valence electrons. The number of nitrogens with zero attached hydrogens (tertiary/aromatic N) is 2. The van der Waals surface area contributed by atoms with Crippen molar-refractivity contribution in [3.63, 3.8) is 0 Å². The fourth-order valence-electron chi connectivity index (χ4n) is 4.12. The second-order valence-electron chi connectivity index (χ2n) is 10.2. The Labute approximate surface area is 216 Å². The van der Waals surface area contributed by atoms with Crippen LogP contribution in [0.1, 0.15) is 57.7 Å². The fraction of sp³-hybridized carbons (Fsp3) is 0.600. The molecule has 11 heteroatoms. The highest BCUT2D eigenvalue weighted by Crippen LogP contribution is 2.28. The number of amides is 2. The second kappa shape index (κ2) is 12.8. The molecule has 0 radical (unpaired) electrons. The zero-order valence-electron chi connectivity index (χ0n) is 23.2. The van der Waals surface area contributed by atoms with Crippen LogP contribution in [0.3, 0.4) is 0 Å². The summed E-state index contributed by atoms with van der Waals surface area (Å²) in [5.74, 6) is -4.88. The molecule has 0 atom stereocenters. The van der Waals surface area contributed by atoms with Gasteiger partial charge in [-0.05, 0) is 68.7 Å². The van der Waals surface area contributed by atoms with E-state index in [4.69, 9.17) is 4.74 Å². The zero-order chi connectivity index (χ0) is 28.0. The summed E-state index contributed by atoms with van der Waals surface area (Å²) in [6.45, 7) is 10.3. The maximum absolute atomic E-state index is 13.2. The maximum atomic E-state index is 13.2. The van der Waals surface area contributed by atoms with Crippen LogP contribution in [0.5, 0.6) is 5.75 Å². The Morgan fingerprint density at radius 2 is 1.50 bits per heavy atom. The summed E-state index contributed by atoms with van der Waals surface area (Å²) in [5.41, 5.74) is 4.53. The van der Waals surface area contributed by atoms with E-state index in [0.29, 0.717) is 24.3 Å². The van der Waals surface area contributed by atoms with E-state index in [-0.39, 0.29) is 13.1 Å². The van der Waals surface area contributed by atoms with Crippen molar-refractivity contribution in [2.24, 2.45) is 5.92 Å². The molecular formula is C25H42B2N2O7. The molecule has 1 aromatic carbocycles. The van der Waals surface area contributed by atoms with Gasteiger partial charge < -0.3 is 25.2 Å². The molecule has 0 bridgehead atoms. The highest BCUT2D eigenvalue weighted by atomic mass is 16.5. The van der Waals surface area contributed by atoms with E-state index in [0.717, 1.165) is 66.8 Å². The number of aliphatic hydroxyl groups is 4. The lowest BCUT2D eigenvalue weighted by Crippen LogP contribution is -2.58. The van der Waals surface area contributed by atoms with Crippen LogP contribution in [-0.2, 0) is 22.4 Å². The Kier molecular flexibility index (Phi) is 11.2. The van der Waals surface area contributed by atoms with Gasteiger partial charge in [-0.2, -0.15) is 0 Å². The topological polar surface area (TPSA) is 131 Å². The van der Waals surface area contributed by atoms with Crippen molar-refractivity contribution in [1.29, 1.82) is 0 Å². The Morgan fingerprint density at radius 1 is 0.972 bits per heavy atom. The summed E-state index contributed by atoms with van der Waals surface area (Å²) in [5, 5.41) is 40.1. The number of carbonyl (C=O) groups excluding carboxylic acids is 2. The van der Waals surface area contributed by atoms with E-state index in [1.165, 1.54) is 0 Å². The number of benzene rings is 1. The van der Waals surface area contributed by atoms with Gasteiger partial charge >= 0.3 is 0 Å². The molecule has 0 saturated carbocycles. The molecule has 0 aliphatic carbocycles. The minimum absolute atomic E-state index is 0.310. The molecule has 2 amide bonds. The normalized spacial score (nSPS) is 12.9. The Hall–Kier alpha value is -2.33. The summed E-state index contributed by atoms with van der Waals surface area (Å²) in [6, 6.07) is 4.19. The molecule has 1 aromatic rings. The fourth-order valence-corrected chi connectivity index (χ4v) is 4.12. The molecule has 0 saturated heterocycles. The minimum Gasteiger partial charge on any atom is -0.496 e. The van der Waals surface area contributed by atoms with E-state index < -0.39 is 23.4 Å². The van der Waals surface area contributed by atoms with Crippen molar-refractivity contribution < 1.29 is 34.8 Å². The number of rotatable bonds is 12. The van der Waals surface area contributed by atoms with Crippen LogP contribution in [0.4, 0.5) is 0 Å². The highest BCUT2D eigenvalue weighted by Gasteiger charge is 2.34. The number of allylic oxidation sites excluding steroid dienone is 1. The molecule has 9 nitrogen and oxygen atoms in total. The first kappa shape index (κ1) is 31.7. The van der Waals surface area contributed by atoms with Gasteiger partial charge in [0.05, 0.1) is 7.11 Å². The van der Waals surface area contributed by atoms with Crippen molar-refractivity contribution in [2.45, 2.75) is 72.4 Å². The molecule has 0 aromatic heterocycles. The first-order valence-corrected chi connectivity index (χ1v) is 12.2. The van der Waals surface area contributed by atoms with Gasteiger partial charge in [0.25, 0.3) is 5.91 Å². The van der Waals surface area contributed by atoms with Gasteiger partial charge in [0.15, 0.2) is 11.6 Å². The molecule has 1 rings (SSSR count). The van der Waals surface area contributed by atoms with Crippen LogP contribution in [-0.4, -0.2) is 89.6 Å². The van der Waals surface area contributed by atoms with E-state index >= 15 is 0 Å². The van der Waals surface area contributed by atoms with Gasteiger partial charge in [-0.15, -0.1) is 0 Å². The maximum Gasteiger partial charge on any atom is 0.252 e. The summed E-state index contributed by atoms with van der Waals surface area (Å²) >= 11 is 0. The van der Waals surface area contributed by atoms with Crippen LogP contribution in [0.25, 0.3) is 0 Å². The monoisotopic (exact) mass is 504 g/mol. The van der Waals surface area contributed by atoms with Gasteiger partial charge in [0, 0.05) is 25.6 Å². The molecule has 0 heterocycles. The number of hydrogen-bond acceptors (Lipinski definition) is 7. The largest absolute Gasteiger partial charge is 0.496 e. The predicted molar refractivity (Wildman–Crippen MR) is 143 cm³/mol. The molecule has 4 N–H and O–H groups in total. The number of aryl methyl sites for hydroxylation is 2. The van der Waals surface area contributed by atoms with Crippen molar-refractivity contribution in [2.75, 3.05) is 20.2 Å². The van der Waals surface area contributed by atoms with Gasteiger partial charge in [0.2, 0.25) is 21.6 Å². The van der Waals surface area contributed by atoms with Gasteiger partial charge in [-0.3, -0.25) is 19.4 Å². The third-order valence-corrected chi connectivity index (χ3v) is 6.29.